The number of benzene rings is 2. The molecule has 0 spiro atoms. The van der Waals surface area contributed by atoms with Crippen LogP contribution in [0.2, 0.25) is 10.0 Å². The molecule has 4 aromatic rings. The molecule has 0 fully saturated rings. The number of methoxy groups -OCH3 is 1. The number of halogens is 2. The molecule has 0 saturated carbocycles. The normalized spacial score (nSPS) is 10.8. The first-order valence-corrected chi connectivity index (χ1v) is 13.0. The van der Waals surface area contributed by atoms with Gasteiger partial charge in [0.2, 0.25) is 5.91 Å². The Balaban J connectivity index is 1.37. The maximum Gasteiger partial charge on any atom is 0.236 e. The second kappa shape index (κ2) is 11.7. The van der Waals surface area contributed by atoms with Gasteiger partial charge in [0.05, 0.1) is 22.9 Å². The Morgan fingerprint density at radius 2 is 2.00 bits per heavy atom. The maximum atomic E-state index is 12.6. The number of hydrogen-bond acceptors (Lipinski definition) is 7. The van der Waals surface area contributed by atoms with Gasteiger partial charge in [-0.15, -0.1) is 28.1 Å². The van der Waals surface area contributed by atoms with E-state index in [2.05, 4.69) is 27.1 Å². The lowest BCUT2D eigenvalue weighted by atomic mass is 10.1. The maximum absolute atomic E-state index is 12.6. The Morgan fingerprint density at radius 3 is 2.71 bits per heavy atom. The smallest absolute Gasteiger partial charge is 0.236 e. The van der Waals surface area contributed by atoms with Crippen LogP contribution in [0.25, 0.3) is 11.4 Å². The van der Waals surface area contributed by atoms with Gasteiger partial charge in [-0.05, 0) is 42.0 Å². The molecule has 0 aliphatic rings. The molecule has 7 nitrogen and oxygen atoms in total. The van der Waals surface area contributed by atoms with Gasteiger partial charge in [0.1, 0.15) is 5.75 Å². The number of ether oxygens (including phenoxy) is 1. The summed E-state index contributed by atoms with van der Waals surface area (Å²) in [5, 5.41) is 13.7. The molecule has 2 aromatic heterocycles. The molecule has 0 aliphatic heterocycles. The molecule has 1 N–H and O–H groups in total. The lowest BCUT2D eigenvalue weighted by Gasteiger charge is -2.08. The molecule has 35 heavy (non-hydrogen) atoms. The van der Waals surface area contributed by atoms with Crippen LogP contribution < -0.4 is 10.1 Å². The highest BCUT2D eigenvalue weighted by atomic mass is 35.5. The molecule has 0 atom stereocenters. The summed E-state index contributed by atoms with van der Waals surface area (Å²) in [6, 6.07) is 13.1. The van der Waals surface area contributed by atoms with Crippen LogP contribution in [0.4, 0.5) is 5.13 Å². The standard InChI is InChI=1S/C24H21Cl2N5O2S2/c1-3-10-31-22(16-5-7-17(33-2)8-6-16)29-30-24(31)34-14-21(32)28-23-27-13-18(35-23)11-15-4-9-19(25)20(26)12-15/h3-9,12-13H,1,10-11,14H2,2H3,(H,27,28,32). The van der Waals surface area contributed by atoms with Crippen LogP contribution in [-0.2, 0) is 17.8 Å². The molecular weight excluding hydrogens is 525 g/mol. The minimum Gasteiger partial charge on any atom is -0.497 e. The Morgan fingerprint density at radius 1 is 1.20 bits per heavy atom. The summed E-state index contributed by atoms with van der Waals surface area (Å²) in [6.07, 6.45) is 4.17. The third-order valence-corrected chi connectivity index (χ3v) is 7.49. The highest BCUT2D eigenvalue weighted by Gasteiger charge is 2.16. The molecule has 0 saturated heterocycles. The van der Waals surface area contributed by atoms with E-state index in [1.807, 2.05) is 41.0 Å². The fourth-order valence-corrected chi connectivity index (χ4v) is 5.16. The minimum absolute atomic E-state index is 0.166. The fourth-order valence-electron chi connectivity index (χ4n) is 3.23. The van der Waals surface area contributed by atoms with E-state index < -0.39 is 0 Å². The van der Waals surface area contributed by atoms with Crippen LogP contribution >= 0.6 is 46.3 Å². The zero-order valence-electron chi connectivity index (χ0n) is 18.7. The van der Waals surface area contributed by atoms with Gasteiger partial charge >= 0.3 is 0 Å². The van der Waals surface area contributed by atoms with Gasteiger partial charge in [0.25, 0.3) is 0 Å². The lowest BCUT2D eigenvalue weighted by molar-refractivity contribution is -0.113. The Bertz CT molecular complexity index is 1340. The van der Waals surface area contributed by atoms with Crippen molar-refractivity contribution in [2.75, 3.05) is 18.2 Å². The van der Waals surface area contributed by atoms with Gasteiger partial charge in [-0.2, -0.15) is 0 Å². The van der Waals surface area contributed by atoms with E-state index in [1.165, 1.54) is 23.1 Å². The average Bonchev–Trinajstić information content (AvgIpc) is 3.47. The first-order chi connectivity index (χ1) is 17.0. The largest absolute Gasteiger partial charge is 0.497 e. The zero-order valence-corrected chi connectivity index (χ0v) is 21.8. The number of carbonyl (C=O) groups is 1. The van der Waals surface area contributed by atoms with Crippen LogP contribution in [-0.4, -0.2) is 38.5 Å². The number of thioether (sulfide) groups is 1. The molecule has 11 heteroatoms. The molecule has 4 rings (SSSR count). The van der Waals surface area contributed by atoms with Crippen LogP contribution in [0.5, 0.6) is 5.75 Å². The summed E-state index contributed by atoms with van der Waals surface area (Å²) in [7, 11) is 1.62. The molecule has 0 aliphatic carbocycles. The third-order valence-electron chi connectivity index (χ3n) is 4.87. The number of anilines is 1. The van der Waals surface area contributed by atoms with Crippen molar-refractivity contribution >= 4 is 57.3 Å². The van der Waals surface area contributed by atoms with Crippen molar-refractivity contribution in [1.82, 2.24) is 19.7 Å². The van der Waals surface area contributed by atoms with E-state index in [4.69, 9.17) is 27.9 Å². The predicted octanol–water partition coefficient (Wildman–Crippen LogP) is 6.22. The molecule has 0 unspecified atom stereocenters. The van der Waals surface area contributed by atoms with E-state index in [9.17, 15) is 4.79 Å². The van der Waals surface area contributed by atoms with Crippen molar-refractivity contribution in [3.8, 4) is 17.1 Å². The number of thiazole rings is 1. The molecule has 180 valence electrons. The van der Waals surface area contributed by atoms with Gasteiger partial charge in [-0.1, -0.05) is 47.1 Å². The predicted molar refractivity (Wildman–Crippen MR) is 143 cm³/mol. The topological polar surface area (TPSA) is 81.9 Å². The van der Waals surface area contributed by atoms with Crippen molar-refractivity contribution in [3.63, 3.8) is 0 Å². The fraction of sp³-hybridized carbons (Fsp3) is 0.167. The summed E-state index contributed by atoms with van der Waals surface area (Å²) >= 11 is 14.8. The van der Waals surface area contributed by atoms with Crippen LogP contribution in [0, 0.1) is 0 Å². The Hall–Kier alpha value is -2.85. The Labute approximate surface area is 221 Å². The number of rotatable bonds is 10. The first-order valence-electron chi connectivity index (χ1n) is 10.5. The molecule has 2 heterocycles. The van der Waals surface area contributed by atoms with Crippen molar-refractivity contribution < 1.29 is 9.53 Å². The van der Waals surface area contributed by atoms with Crippen molar-refractivity contribution in [2.45, 2.75) is 18.1 Å². The second-order valence-corrected chi connectivity index (χ2v) is 10.2. The van der Waals surface area contributed by atoms with Crippen molar-refractivity contribution in [1.29, 1.82) is 0 Å². The summed E-state index contributed by atoms with van der Waals surface area (Å²) < 4.78 is 7.14. The number of hydrogen-bond donors (Lipinski definition) is 1. The van der Waals surface area contributed by atoms with Crippen LogP contribution in [0.1, 0.15) is 10.4 Å². The van der Waals surface area contributed by atoms with Crippen molar-refractivity contribution in [3.05, 3.63) is 81.8 Å². The number of carbonyl (C=O) groups excluding carboxylic acids is 1. The van der Waals surface area contributed by atoms with Gasteiger partial charge < -0.3 is 10.1 Å². The number of nitrogens with zero attached hydrogens (tertiary/aromatic N) is 4. The van der Waals surface area contributed by atoms with Gasteiger partial charge in [-0.3, -0.25) is 9.36 Å². The van der Waals surface area contributed by atoms with Gasteiger partial charge in [-0.25, -0.2) is 4.98 Å². The van der Waals surface area contributed by atoms with E-state index in [0.717, 1.165) is 21.8 Å². The number of amides is 1. The molecular formula is C24H21Cl2N5O2S2. The van der Waals surface area contributed by atoms with E-state index in [-0.39, 0.29) is 11.7 Å². The van der Waals surface area contributed by atoms with Gasteiger partial charge in [0.15, 0.2) is 16.1 Å². The number of nitrogens with one attached hydrogen (secondary N) is 1. The lowest BCUT2D eigenvalue weighted by Crippen LogP contribution is -2.14. The monoisotopic (exact) mass is 545 g/mol. The summed E-state index contributed by atoms with van der Waals surface area (Å²) in [6.45, 7) is 4.34. The quantitative estimate of drug-likeness (QED) is 0.188. The van der Waals surface area contributed by atoms with Crippen molar-refractivity contribution in [2.24, 2.45) is 0 Å². The molecule has 0 bridgehead atoms. The zero-order chi connectivity index (χ0) is 24.8. The molecule has 1 amide bonds. The second-order valence-electron chi connectivity index (χ2n) is 7.33. The number of allylic oxidation sites excluding steroid dienone is 1. The van der Waals surface area contributed by atoms with E-state index >= 15 is 0 Å². The van der Waals surface area contributed by atoms with Gasteiger partial charge in [0, 0.05) is 29.6 Å². The summed E-state index contributed by atoms with van der Waals surface area (Å²) in [4.78, 5) is 17.9. The average molecular weight is 547 g/mol. The Kier molecular flexibility index (Phi) is 8.46. The highest BCUT2D eigenvalue weighted by Crippen LogP contribution is 2.28. The molecule has 0 radical (unpaired) electrons. The third kappa shape index (κ3) is 6.43. The van der Waals surface area contributed by atoms with E-state index in [0.29, 0.717) is 39.1 Å². The summed E-state index contributed by atoms with van der Waals surface area (Å²) in [5.41, 5.74) is 1.92. The first kappa shape index (κ1) is 25.2. The van der Waals surface area contributed by atoms with E-state index in [1.54, 1.807) is 25.4 Å². The number of aromatic nitrogens is 4. The highest BCUT2D eigenvalue weighted by molar-refractivity contribution is 7.99. The van der Waals surface area contributed by atoms with Crippen LogP contribution in [0.15, 0.2) is 66.5 Å². The molecule has 2 aromatic carbocycles. The minimum atomic E-state index is -0.176. The van der Waals surface area contributed by atoms with Crippen LogP contribution in [0.3, 0.4) is 0 Å². The summed E-state index contributed by atoms with van der Waals surface area (Å²) in [5.74, 6) is 1.45. The SMILES string of the molecule is C=CCn1c(SCC(=O)Nc2ncc(Cc3ccc(Cl)c(Cl)c3)s2)nnc1-c1ccc(OC)cc1.